The zero-order chi connectivity index (χ0) is 21.6. The van der Waals surface area contributed by atoms with Gasteiger partial charge in [0.05, 0.1) is 6.61 Å². The van der Waals surface area contributed by atoms with Crippen LogP contribution in [0, 0.1) is 17.8 Å². The molecule has 1 aliphatic carbocycles. The maximum absolute atomic E-state index is 6.05. The Morgan fingerprint density at radius 2 is 1.53 bits per heavy atom. The second kappa shape index (κ2) is 10.8. The second-order valence-electron chi connectivity index (χ2n) is 9.93. The van der Waals surface area contributed by atoms with Crippen molar-refractivity contribution < 1.29 is 9.47 Å². The first-order valence-corrected chi connectivity index (χ1v) is 12.6. The van der Waals surface area contributed by atoms with E-state index >= 15 is 0 Å². The SMILES string of the molecule is c1ccc(COc2ccc(CN3CC4C(COCCCN5CCCCC5)C4C3)cc2)cc1. The topological polar surface area (TPSA) is 24.9 Å². The summed E-state index contributed by atoms with van der Waals surface area (Å²) in [6.07, 6.45) is 5.38. The molecule has 2 unspecified atom stereocenters. The van der Waals surface area contributed by atoms with Crippen molar-refractivity contribution in [3.8, 4) is 5.75 Å². The van der Waals surface area contributed by atoms with Crippen LogP contribution in [0.4, 0.5) is 0 Å². The molecule has 1 saturated carbocycles. The van der Waals surface area contributed by atoms with Crippen LogP contribution in [0.1, 0.15) is 36.8 Å². The molecule has 3 fully saturated rings. The fraction of sp³-hybridized carbons (Fsp3) is 0.571. The lowest BCUT2D eigenvalue weighted by molar-refractivity contribution is 0.0967. The van der Waals surface area contributed by atoms with Crippen LogP contribution in [0.2, 0.25) is 0 Å². The first-order chi connectivity index (χ1) is 15.8. The summed E-state index contributed by atoms with van der Waals surface area (Å²) in [5.74, 6) is 3.49. The van der Waals surface area contributed by atoms with E-state index < -0.39 is 0 Å². The predicted octanol–water partition coefficient (Wildman–Crippen LogP) is 4.84. The minimum atomic E-state index is 0.622. The van der Waals surface area contributed by atoms with Gasteiger partial charge in [0.1, 0.15) is 12.4 Å². The number of ether oxygens (including phenoxy) is 2. The van der Waals surface area contributed by atoms with Crippen molar-refractivity contribution in [3.05, 3.63) is 65.7 Å². The van der Waals surface area contributed by atoms with Gasteiger partial charge in [0.2, 0.25) is 0 Å². The number of piperidine rings is 2. The number of nitrogens with zero attached hydrogens (tertiary/aromatic N) is 2. The zero-order valence-electron chi connectivity index (χ0n) is 19.3. The van der Waals surface area contributed by atoms with E-state index in [0.717, 1.165) is 43.3 Å². The summed E-state index contributed by atoms with van der Waals surface area (Å²) in [6, 6.07) is 19.0. The minimum Gasteiger partial charge on any atom is -0.489 e. The quantitative estimate of drug-likeness (QED) is 0.473. The standard InChI is InChI=1S/C28H38N2O2/c1-3-8-24(9-4-1)21-32-25-12-10-23(11-13-25)18-30-19-26-27(20-30)28(26)22-31-17-7-16-29-14-5-2-6-15-29/h1,3-4,8-13,26-28H,2,5-7,14-22H2. The Balaban J connectivity index is 0.951. The molecule has 3 aliphatic rings. The number of fused-ring (bicyclic) bond motifs is 1. The van der Waals surface area contributed by atoms with Crippen LogP contribution >= 0.6 is 0 Å². The van der Waals surface area contributed by atoms with Gasteiger partial charge in [-0.05, 0) is 73.4 Å². The third kappa shape index (κ3) is 5.92. The predicted molar refractivity (Wildman–Crippen MR) is 129 cm³/mol. The van der Waals surface area contributed by atoms with E-state index in [2.05, 4.69) is 58.3 Å². The van der Waals surface area contributed by atoms with Crippen LogP contribution in [-0.4, -0.2) is 55.7 Å². The average Bonchev–Trinajstić information content (AvgIpc) is 3.29. The summed E-state index contributed by atoms with van der Waals surface area (Å²) < 4.78 is 12.0. The Morgan fingerprint density at radius 1 is 0.781 bits per heavy atom. The van der Waals surface area contributed by atoms with Gasteiger partial charge in [-0.15, -0.1) is 0 Å². The zero-order valence-corrected chi connectivity index (χ0v) is 19.3. The number of likely N-dealkylation sites (tertiary alicyclic amines) is 2. The maximum Gasteiger partial charge on any atom is 0.119 e. The normalized spacial score (nSPS) is 25.6. The van der Waals surface area contributed by atoms with Gasteiger partial charge >= 0.3 is 0 Å². The molecule has 5 rings (SSSR count). The summed E-state index contributed by atoms with van der Waals surface area (Å²) in [6.45, 7) is 9.88. The molecule has 0 spiro atoms. The summed E-state index contributed by atoms with van der Waals surface area (Å²) in [4.78, 5) is 5.22. The molecule has 2 atom stereocenters. The molecule has 2 heterocycles. The van der Waals surface area contributed by atoms with Gasteiger partial charge in [0, 0.05) is 32.8 Å². The fourth-order valence-corrected chi connectivity index (χ4v) is 5.60. The lowest BCUT2D eigenvalue weighted by atomic mass is 10.1. The molecule has 32 heavy (non-hydrogen) atoms. The Kier molecular flexibility index (Phi) is 7.42. The molecule has 0 amide bonds. The van der Waals surface area contributed by atoms with Crippen molar-refractivity contribution in [2.45, 2.75) is 38.8 Å². The van der Waals surface area contributed by atoms with E-state index in [4.69, 9.17) is 9.47 Å². The summed E-state index contributed by atoms with van der Waals surface area (Å²) >= 11 is 0. The van der Waals surface area contributed by atoms with Gasteiger partial charge in [0.15, 0.2) is 0 Å². The van der Waals surface area contributed by atoms with Crippen molar-refractivity contribution in [2.24, 2.45) is 17.8 Å². The fourth-order valence-electron chi connectivity index (χ4n) is 5.60. The number of hydrogen-bond acceptors (Lipinski definition) is 4. The summed E-state index contributed by atoms with van der Waals surface area (Å²) in [7, 11) is 0. The van der Waals surface area contributed by atoms with Gasteiger partial charge in [-0.1, -0.05) is 48.9 Å². The third-order valence-corrected chi connectivity index (χ3v) is 7.55. The highest BCUT2D eigenvalue weighted by molar-refractivity contribution is 5.28. The van der Waals surface area contributed by atoms with Crippen molar-refractivity contribution in [3.63, 3.8) is 0 Å². The van der Waals surface area contributed by atoms with Crippen LogP contribution < -0.4 is 4.74 Å². The first-order valence-electron chi connectivity index (χ1n) is 12.6. The largest absolute Gasteiger partial charge is 0.489 e. The van der Waals surface area contributed by atoms with E-state index in [1.54, 1.807) is 0 Å². The van der Waals surface area contributed by atoms with E-state index in [0.29, 0.717) is 6.61 Å². The van der Waals surface area contributed by atoms with Gasteiger partial charge < -0.3 is 14.4 Å². The van der Waals surface area contributed by atoms with E-state index in [9.17, 15) is 0 Å². The Hall–Kier alpha value is -1.88. The third-order valence-electron chi connectivity index (χ3n) is 7.55. The maximum atomic E-state index is 6.05. The van der Waals surface area contributed by atoms with Crippen LogP contribution in [0.25, 0.3) is 0 Å². The van der Waals surface area contributed by atoms with Crippen LogP contribution in [0.5, 0.6) is 5.75 Å². The molecule has 4 nitrogen and oxygen atoms in total. The highest BCUT2D eigenvalue weighted by Gasteiger charge is 2.55. The smallest absolute Gasteiger partial charge is 0.119 e. The molecule has 0 radical (unpaired) electrons. The van der Waals surface area contributed by atoms with Gasteiger partial charge in [-0.3, -0.25) is 4.90 Å². The molecule has 2 aliphatic heterocycles. The van der Waals surface area contributed by atoms with Gasteiger partial charge in [-0.2, -0.15) is 0 Å². The first kappa shape index (κ1) is 21.9. The van der Waals surface area contributed by atoms with E-state index in [1.165, 1.54) is 69.5 Å². The Bertz CT molecular complexity index is 807. The molecule has 0 bridgehead atoms. The summed E-state index contributed by atoms with van der Waals surface area (Å²) in [5.41, 5.74) is 2.58. The molecule has 0 N–H and O–H groups in total. The highest BCUT2D eigenvalue weighted by Crippen LogP contribution is 2.52. The van der Waals surface area contributed by atoms with Crippen molar-refractivity contribution >= 4 is 0 Å². The molecule has 2 aromatic carbocycles. The van der Waals surface area contributed by atoms with Crippen molar-refractivity contribution in [1.29, 1.82) is 0 Å². The van der Waals surface area contributed by atoms with E-state index in [1.807, 2.05) is 6.07 Å². The molecule has 4 heteroatoms. The van der Waals surface area contributed by atoms with Crippen molar-refractivity contribution in [1.82, 2.24) is 9.80 Å². The van der Waals surface area contributed by atoms with E-state index in [-0.39, 0.29) is 0 Å². The number of benzene rings is 2. The Labute approximate surface area is 193 Å². The molecule has 172 valence electrons. The molecule has 0 aromatic heterocycles. The summed E-state index contributed by atoms with van der Waals surface area (Å²) in [5, 5.41) is 0. The lowest BCUT2D eigenvalue weighted by Crippen LogP contribution is -2.31. The highest BCUT2D eigenvalue weighted by atomic mass is 16.5. The molecular formula is C28H38N2O2. The minimum absolute atomic E-state index is 0.622. The van der Waals surface area contributed by atoms with Crippen molar-refractivity contribution in [2.75, 3.05) is 45.9 Å². The lowest BCUT2D eigenvalue weighted by Gasteiger charge is -2.26. The second-order valence-corrected chi connectivity index (χ2v) is 9.93. The van der Waals surface area contributed by atoms with Gasteiger partial charge in [0.25, 0.3) is 0 Å². The Morgan fingerprint density at radius 3 is 2.28 bits per heavy atom. The average molecular weight is 435 g/mol. The number of rotatable bonds is 11. The molecule has 2 aromatic rings. The van der Waals surface area contributed by atoms with Crippen LogP contribution in [0.15, 0.2) is 54.6 Å². The number of hydrogen-bond donors (Lipinski definition) is 0. The van der Waals surface area contributed by atoms with Gasteiger partial charge in [-0.25, -0.2) is 0 Å². The van der Waals surface area contributed by atoms with Crippen LogP contribution in [-0.2, 0) is 17.9 Å². The molecule has 2 saturated heterocycles. The monoisotopic (exact) mass is 434 g/mol. The van der Waals surface area contributed by atoms with Crippen LogP contribution in [0.3, 0.4) is 0 Å². The molecular weight excluding hydrogens is 396 g/mol.